The van der Waals surface area contributed by atoms with Crippen molar-refractivity contribution in [2.24, 2.45) is 7.05 Å². The predicted octanol–water partition coefficient (Wildman–Crippen LogP) is 4.12. The molecule has 0 radical (unpaired) electrons. The first kappa shape index (κ1) is 17.4. The standard InChI is InChI=1S/C19H19ClFN3O/c1-19(2,10-12-4-5-15(20)16(21)8-12)23-18(25)14-9-13-6-7-24(3)17(13)22-11-14/h4-9,11H,10H2,1-3H3,(H,23,25). The predicted molar refractivity (Wildman–Crippen MR) is 97.4 cm³/mol. The molecule has 4 nitrogen and oxygen atoms in total. The quantitative estimate of drug-likeness (QED) is 0.761. The third-order valence-electron chi connectivity index (χ3n) is 4.05. The van der Waals surface area contributed by atoms with Gasteiger partial charge in [0.1, 0.15) is 11.5 Å². The lowest BCUT2D eigenvalue weighted by atomic mass is 9.94. The van der Waals surface area contributed by atoms with E-state index < -0.39 is 11.4 Å². The van der Waals surface area contributed by atoms with Crippen molar-refractivity contribution in [2.45, 2.75) is 25.8 Å². The largest absolute Gasteiger partial charge is 0.347 e. The zero-order chi connectivity index (χ0) is 18.2. The first-order chi connectivity index (χ1) is 11.7. The van der Waals surface area contributed by atoms with E-state index in [1.165, 1.54) is 12.1 Å². The molecule has 1 N–H and O–H groups in total. The fourth-order valence-corrected chi connectivity index (χ4v) is 2.98. The number of fused-ring (bicyclic) bond motifs is 1. The second-order valence-corrected chi connectivity index (χ2v) is 7.23. The van der Waals surface area contributed by atoms with Crippen LogP contribution in [0, 0.1) is 5.82 Å². The number of hydrogen-bond donors (Lipinski definition) is 1. The average molecular weight is 360 g/mol. The minimum atomic E-state index is -0.553. The molecule has 6 heteroatoms. The lowest BCUT2D eigenvalue weighted by molar-refractivity contribution is 0.0913. The molecule has 25 heavy (non-hydrogen) atoms. The molecule has 2 heterocycles. The van der Waals surface area contributed by atoms with E-state index in [4.69, 9.17) is 11.6 Å². The Balaban J connectivity index is 1.76. The lowest BCUT2D eigenvalue weighted by Gasteiger charge is -2.26. The highest BCUT2D eigenvalue weighted by Crippen LogP contribution is 2.20. The van der Waals surface area contributed by atoms with Crippen molar-refractivity contribution in [3.05, 3.63) is 64.7 Å². The van der Waals surface area contributed by atoms with Crippen molar-refractivity contribution >= 4 is 28.5 Å². The van der Waals surface area contributed by atoms with Crippen molar-refractivity contribution in [1.29, 1.82) is 0 Å². The number of aryl methyl sites for hydroxylation is 1. The van der Waals surface area contributed by atoms with Crippen molar-refractivity contribution < 1.29 is 9.18 Å². The number of rotatable bonds is 4. The Bertz CT molecular complexity index is 949. The van der Waals surface area contributed by atoms with E-state index >= 15 is 0 Å². The second kappa shape index (κ2) is 6.48. The summed E-state index contributed by atoms with van der Waals surface area (Å²) in [6.45, 7) is 3.79. The van der Waals surface area contributed by atoms with Crippen LogP contribution in [0.4, 0.5) is 4.39 Å². The molecule has 0 saturated heterocycles. The first-order valence-electron chi connectivity index (χ1n) is 7.93. The zero-order valence-electron chi connectivity index (χ0n) is 14.3. The summed E-state index contributed by atoms with van der Waals surface area (Å²) >= 11 is 5.71. The fraction of sp³-hybridized carbons (Fsp3) is 0.263. The highest BCUT2D eigenvalue weighted by Gasteiger charge is 2.22. The molecule has 0 unspecified atom stereocenters. The molecule has 1 amide bonds. The lowest BCUT2D eigenvalue weighted by Crippen LogP contribution is -2.45. The number of carbonyl (C=O) groups excluding carboxylic acids is 1. The van der Waals surface area contributed by atoms with Gasteiger partial charge in [0, 0.05) is 30.4 Å². The summed E-state index contributed by atoms with van der Waals surface area (Å²) in [6.07, 6.45) is 3.95. The van der Waals surface area contributed by atoms with Gasteiger partial charge in [0.05, 0.1) is 10.6 Å². The van der Waals surface area contributed by atoms with Gasteiger partial charge in [-0.3, -0.25) is 4.79 Å². The summed E-state index contributed by atoms with van der Waals surface area (Å²) in [7, 11) is 1.91. The number of aromatic nitrogens is 2. The van der Waals surface area contributed by atoms with Gasteiger partial charge in [0.2, 0.25) is 0 Å². The van der Waals surface area contributed by atoms with E-state index in [9.17, 15) is 9.18 Å². The van der Waals surface area contributed by atoms with Gasteiger partial charge in [-0.05, 0) is 50.1 Å². The Morgan fingerprint density at radius 2 is 2.08 bits per heavy atom. The molecule has 0 aliphatic heterocycles. The van der Waals surface area contributed by atoms with E-state index in [1.807, 2.05) is 43.8 Å². The zero-order valence-corrected chi connectivity index (χ0v) is 15.1. The monoisotopic (exact) mass is 359 g/mol. The topological polar surface area (TPSA) is 46.9 Å². The van der Waals surface area contributed by atoms with Crippen LogP contribution in [-0.4, -0.2) is 21.0 Å². The minimum absolute atomic E-state index is 0.0906. The van der Waals surface area contributed by atoms with Gasteiger partial charge in [0.15, 0.2) is 0 Å². The molecule has 0 fully saturated rings. The molecular formula is C19H19ClFN3O. The smallest absolute Gasteiger partial charge is 0.253 e. The van der Waals surface area contributed by atoms with E-state index in [0.29, 0.717) is 12.0 Å². The number of nitrogens with zero attached hydrogens (tertiary/aromatic N) is 2. The molecule has 0 aliphatic carbocycles. The van der Waals surface area contributed by atoms with Gasteiger partial charge in [-0.1, -0.05) is 17.7 Å². The molecule has 0 spiro atoms. The van der Waals surface area contributed by atoms with Crippen LogP contribution in [0.3, 0.4) is 0 Å². The molecule has 0 saturated carbocycles. The highest BCUT2D eigenvalue weighted by atomic mass is 35.5. The Morgan fingerprint density at radius 1 is 1.32 bits per heavy atom. The number of carbonyl (C=O) groups is 1. The molecule has 3 aromatic rings. The van der Waals surface area contributed by atoms with Gasteiger partial charge < -0.3 is 9.88 Å². The number of halogens is 2. The van der Waals surface area contributed by atoms with Crippen LogP contribution in [-0.2, 0) is 13.5 Å². The molecule has 0 atom stereocenters. The van der Waals surface area contributed by atoms with E-state index in [1.54, 1.807) is 12.3 Å². The summed E-state index contributed by atoms with van der Waals surface area (Å²) in [5, 5.41) is 3.99. The fourth-order valence-electron chi connectivity index (χ4n) is 2.86. The van der Waals surface area contributed by atoms with Crippen molar-refractivity contribution in [3.8, 4) is 0 Å². The van der Waals surface area contributed by atoms with Crippen LogP contribution < -0.4 is 5.32 Å². The van der Waals surface area contributed by atoms with Gasteiger partial charge in [-0.2, -0.15) is 0 Å². The van der Waals surface area contributed by atoms with Crippen LogP contribution in [0.2, 0.25) is 5.02 Å². The van der Waals surface area contributed by atoms with Crippen LogP contribution in [0.25, 0.3) is 11.0 Å². The maximum atomic E-state index is 13.6. The summed E-state index contributed by atoms with van der Waals surface area (Å²) in [5.41, 5.74) is 1.54. The molecule has 3 rings (SSSR count). The number of hydrogen-bond acceptors (Lipinski definition) is 2. The maximum Gasteiger partial charge on any atom is 0.253 e. The molecule has 1 aromatic carbocycles. The first-order valence-corrected chi connectivity index (χ1v) is 8.30. The highest BCUT2D eigenvalue weighted by molar-refractivity contribution is 6.30. The Labute approximate surface area is 150 Å². The average Bonchev–Trinajstić information content (AvgIpc) is 2.91. The number of nitrogens with one attached hydrogen (secondary N) is 1. The van der Waals surface area contributed by atoms with Crippen LogP contribution in [0.15, 0.2) is 42.7 Å². The van der Waals surface area contributed by atoms with E-state index in [0.717, 1.165) is 16.6 Å². The maximum absolute atomic E-state index is 13.6. The van der Waals surface area contributed by atoms with E-state index in [2.05, 4.69) is 10.3 Å². The van der Waals surface area contributed by atoms with Crippen molar-refractivity contribution in [2.75, 3.05) is 0 Å². The third kappa shape index (κ3) is 3.82. The summed E-state index contributed by atoms with van der Waals surface area (Å²) < 4.78 is 15.5. The minimum Gasteiger partial charge on any atom is -0.347 e. The Hall–Kier alpha value is -2.40. The van der Waals surface area contributed by atoms with Crippen molar-refractivity contribution in [1.82, 2.24) is 14.9 Å². The van der Waals surface area contributed by atoms with Crippen LogP contribution >= 0.6 is 11.6 Å². The number of benzene rings is 1. The molecular weight excluding hydrogens is 341 g/mol. The van der Waals surface area contributed by atoms with Gasteiger partial charge in [0.25, 0.3) is 5.91 Å². The van der Waals surface area contributed by atoms with E-state index in [-0.39, 0.29) is 10.9 Å². The molecule has 0 bridgehead atoms. The Morgan fingerprint density at radius 3 is 2.80 bits per heavy atom. The molecule has 0 aliphatic rings. The van der Waals surface area contributed by atoms with Crippen molar-refractivity contribution in [3.63, 3.8) is 0 Å². The molecule has 2 aromatic heterocycles. The Kier molecular flexibility index (Phi) is 4.52. The SMILES string of the molecule is Cn1ccc2cc(C(=O)NC(C)(C)Cc3ccc(Cl)c(F)c3)cnc21. The summed E-state index contributed by atoms with van der Waals surface area (Å²) in [6, 6.07) is 8.42. The van der Waals surface area contributed by atoms with Gasteiger partial charge in [-0.15, -0.1) is 0 Å². The van der Waals surface area contributed by atoms with Gasteiger partial charge >= 0.3 is 0 Å². The summed E-state index contributed by atoms with van der Waals surface area (Å²) in [5.74, 6) is -0.669. The summed E-state index contributed by atoms with van der Waals surface area (Å²) in [4.78, 5) is 16.9. The third-order valence-corrected chi connectivity index (χ3v) is 4.36. The van der Waals surface area contributed by atoms with Gasteiger partial charge in [-0.25, -0.2) is 9.37 Å². The normalized spacial score (nSPS) is 11.7. The van der Waals surface area contributed by atoms with Crippen LogP contribution in [0.5, 0.6) is 0 Å². The number of amides is 1. The molecule has 130 valence electrons. The van der Waals surface area contributed by atoms with Crippen LogP contribution in [0.1, 0.15) is 29.8 Å². The second-order valence-electron chi connectivity index (χ2n) is 6.83. The number of pyridine rings is 1.